The minimum Gasteiger partial charge on any atom is -0.387 e. The van der Waals surface area contributed by atoms with E-state index in [1.807, 2.05) is 0 Å². The Labute approximate surface area is 261 Å². The van der Waals surface area contributed by atoms with Crippen LogP contribution in [0.5, 0.6) is 0 Å². The highest BCUT2D eigenvalue weighted by molar-refractivity contribution is 6.31. The Morgan fingerprint density at radius 1 is 0.844 bits per heavy atom. The second-order valence-electron chi connectivity index (χ2n) is 10.2. The Morgan fingerprint density at radius 2 is 1.40 bits per heavy atom. The quantitative estimate of drug-likeness (QED) is 0.109. The lowest BCUT2D eigenvalue weighted by Gasteiger charge is -2.18. The first-order chi connectivity index (χ1) is 21.2. The molecule has 0 spiro atoms. The SMILES string of the molecule is CC(=O)Nc1ccc(-c2ccc(C(F)(F)F)cc2)cc1C(=O)NC(Cc1ccc(-c2ccc(F)c(Cl)c2)cc1)C(=O)N=C(C)N. The number of amidine groups is 1. The molecule has 4 aromatic carbocycles. The van der Waals surface area contributed by atoms with Crippen molar-refractivity contribution in [3.63, 3.8) is 0 Å². The lowest BCUT2D eigenvalue weighted by Crippen LogP contribution is -2.42. The summed E-state index contributed by atoms with van der Waals surface area (Å²) in [6.45, 7) is 2.67. The van der Waals surface area contributed by atoms with Crippen LogP contribution < -0.4 is 16.4 Å². The molecule has 12 heteroatoms. The number of hydrogen-bond donors (Lipinski definition) is 3. The Kier molecular flexibility index (Phi) is 10.0. The molecule has 3 amide bonds. The predicted octanol–water partition coefficient (Wildman–Crippen LogP) is 7.04. The summed E-state index contributed by atoms with van der Waals surface area (Å²) >= 11 is 5.91. The number of carbonyl (C=O) groups is 3. The van der Waals surface area contributed by atoms with Crippen LogP contribution >= 0.6 is 11.6 Å². The topological polar surface area (TPSA) is 114 Å². The number of anilines is 1. The minimum atomic E-state index is -4.51. The Hall–Kier alpha value is -5.03. The first-order valence-electron chi connectivity index (χ1n) is 13.5. The molecule has 0 aliphatic rings. The summed E-state index contributed by atoms with van der Waals surface area (Å²) < 4.78 is 52.8. The average Bonchev–Trinajstić information content (AvgIpc) is 2.98. The third-order valence-corrected chi connectivity index (χ3v) is 6.95. The van der Waals surface area contributed by atoms with Gasteiger partial charge in [-0.15, -0.1) is 0 Å². The highest BCUT2D eigenvalue weighted by atomic mass is 35.5. The number of halogens is 5. The lowest BCUT2D eigenvalue weighted by molar-refractivity contribution is -0.137. The van der Waals surface area contributed by atoms with Gasteiger partial charge in [-0.1, -0.05) is 60.1 Å². The second-order valence-corrected chi connectivity index (χ2v) is 10.6. The second kappa shape index (κ2) is 13.7. The zero-order chi connectivity index (χ0) is 32.9. The molecular formula is C33H27ClF4N4O3. The van der Waals surface area contributed by atoms with Gasteiger partial charge in [0.2, 0.25) is 5.91 Å². The molecule has 7 nitrogen and oxygen atoms in total. The largest absolute Gasteiger partial charge is 0.416 e. The Balaban J connectivity index is 1.64. The number of nitrogens with one attached hydrogen (secondary N) is 2. The van der Waals surface area contributed by atoms with Crippen LogP contribution in [-0.4, -0.2) is 29.6 Å². The lowest BCUT2D eigenvalue weighted by atomic mass is 9.98. The Bertz CT molecular complexity index is 1770. The van der Waals surface area contributed by atoms with Gasteiger partial charge in [-0.25, -0.2) is 4.39 Å². The van der Waals surface area contributed by atoms with E-state index in [0.29, 0.717) is 22.3 Å². The van der Waals surface area contributed by atoms with Gasteiger partial charge in [0.25, 0.3) is 11.8 Å². The summed E-state index contributed by atoms with van der Waals surface area (Å²) in [4.78, 5) is 42.3. The van der Waals surface area contributed by atoms with E-state index in [4.69, 9.17) is 17.3 Å². The minimum absolute atomic E-state index is 0.0138. The molecule has 0 fully saturated rings. The normalized spacial score (nSPS) is 12.4. The van der Waals surface area contributed by atoms with E-state index in [1.54, 1.807) is 36.4 Å². The van der Waals surface area contributed by atoms with Gasteiger partial charge in [0.1, 0.15) is 11.9 Å². The number of nitrogens with two attached hydrogens (primary N) is 1. The number of alkyl halides is 3. The van der Waals surface area contributed by atoms with Crippen molar-refractivity contribution in [2.45, 2.75) is 32.5 Å². The van der Waals surface area contributed by atoms with Gasteiger partial charge >= 0.3 is 6.18 Å². The molecule has 0 saturated carbocycles. The van der Waals surface area contributed by atoms with Crippen molar-refractivity contribution in [2.75, 3.05) is 5.32 Å². The molecular weight excluding hydrogens is 612 g/mol. The molecule has 4 N–H and O–H groups in total. The van der Waals surface area contributed by atoms with Gasteiger partial charge in [0.05, 0.1) is 27.7 Å². The first kappa shape index (κ1) is 32.9. The molecule has 0 bridgehead atoms. The maximum absolute atomic E-state index is 13.6. The van der Waals surface area contributed by atoms with Crippen LogP contribution in [0.25, 0.3) is 22.3 Å². The molecule has 0 heterocycles. The summed E-state index contributed by atoms with van der Waals surface area (Å²) in [5.74, 6) is -2.50. The first-order valence-corrected chi connectivity index (χ1v) is 13.9. The van der Waals surface area contributed by atoms with Gasteiger partial charge < -0.3 is 16.4 Å². The van der Waals surface area contributed by atoms with Crippen LogP contribution in [0.3, 0.4) is 0 Å². The smallest absolute Gasteiger partial charge is 0.387 e. The molecule has 4 rings (SSSR count). The number of aliphatic imine (C=N–C) groups is 1. The molecule has 0 aromatic heterocycles. The van der Waals surface area contributed by atoms with Crippen molar-refractivity contribution in [3.8, 4) is 22.3 Å². The maximum Gasteiger partial charge on any atom is 0.416 e. The fourth-order valence-corrected chi connectivity index (χ4v) is 4.68. The molecule has 0 aliphatic heterocycles. The zero-order valence-corrected chi connectivity index (χ0v) is 24.8. The van der Waals surface area contributed by atoms with Crippen LogP contribution in [0.15, 0.2) is 89.9 Å². The van der Waals surface area contributed by atoms with Gasteiger partial charge in [-0.3, -0.25) is 14.4 Å². The van der Waals surface area contributed by atoms with Gasteiger partial charge in [-0.2, -0.15) is 18.2 Å². The molecule has 0 radical (unpaired) electrons. The van der Waals surface area contributed by atoms with Crippen LogP contribution in [0.4, 0.5) is 23.2 Å². The Morgan fingerprint density at radius 3 is 1.96 bits per heavy atom. The van der Waals surface area contributed by atoms with Crippen LogP contribution in [0.2, 0.25) is 5.02 Å². The van der Waals surface area contributed by atoms with Crippen molar-refractivity contribution < 1.29 is 31.9 Å². The van der Waals surface area contributed by atoms with Gasteiger partial charge in [0.15, 0.2) is 0 Å². The number of hydrogen-bond acceptors (Lipinski definition) is 3. The predicted molar refractivity (Wildman–Crippen MR) is 165 cm³/mol. The van der Waals surface area contributed by atoms with Crippen molar-refractivity contribution in [3.05, 3.63) is 112 Å². The highest BCUT2D eigenvalue weighted by Crippen LogP contribution is 2.32. The van der Waals surface area contributed by atoms with E-state index in [0.717, 1.165) is 17.7 Å². The molecule has 45 heavy (non-hydrogen) atoms. The van der Waals surface area contributed by atoms with Crippen LogP contribution in [0, 0.1) is 5.82 Å². The van der Waals surface area contributed by atoms with Crippen LogP contribution in [-0.2, 0) is 22.2 Å². The number of nitrogens with zero attached hydrogens (tertiary/aromatic N) is 1. The molecule has 1 atom stereocenters. The number of benzene rings is 4. The maximum atomic E-state index is 13.6. The molecule has 4 aromatic rings. The van der Waals surface area contributed by atoms with E-state index in [9.17, 15) is 31.9 Å². The van der Waals surface area contributed by atoms with E-state index in [2.05, 4.69) is 15.6 Å². The number of carbonyl (C=O) groups excluding carboxylic acids is 3. The molecule has 0 saturated heterocycles. The monoisotopic (exact) mass is 638 g/mol. The van der Waals surface area contributed by atoms with E-state index in [1.165, 1.54) is 50.2 Å². The number of rotatable bonds is 8. The third-order valence-electron chi connectivity index (χ3n) is 6.66. The molecule has 232 valence electrons. The third kappa shape index (κ3) is 8.54. The van der Waals surface area contributed by atoms with Crippen LogP contribution in [0.1, 0.15) is 35.3 Å². The average molecular weight is 639 g/mol. The summed E-state index contributed by atoms with van der Waals surface area (Å²) in [7, 11) is 0. The summed E-state index contributed by atoms with van der Waals surface area (Å²) in [6, 6.07) is 18.9. The molecule has 1 unspecified atom stereocenters. The van der Waals surface area contributed by atoms with E-state index in [-0.39, 0.29) is 28.5 Å². The van der Waals surface area contributed by atoms with Crippen molar-refractivity contribution >= 4 is 40.8 Å². The van der Waals surface area contributed by atoms with Crippen molar-refractivity contribution in [1.29, 1.82) is 0 Å². The fraction of sp³-hybridized carbons (Fsp3) is 0.152. The van der Waals surface area contributed by atoms with E-state index >= 15 is 0 Å². The fourth-order valence-electron chi connectivity index (χ4n) is 4.49. The standard InChI is InChI=1S/C33H27ClF4N4O3/c1-18(39)40-32(45)30(15-20-3-5-21(6-4-20)24-9-13-28(35)27(34)17-24)42-31(44)26-16-23(10-14-29(26)41-19(2)43)22-7-11-25(12-8-22)33(36,37)38/h3-14,16-17,30H,15H2,1-2H3,(H,41,43)(H,42,44)(H2,39,40,45). The summed E-state index contributed by atoms with van der Waals surface area (Å²) in [5, 5.41) is 5.19. The summed E-state index contributed by atoms with van der Waals surface area (Å²) in [5.41, 5.74) is 7.76. The number of amides is 3. The van der Waals surface area contributed by atoms with Gasteiger partial charge in [-0.05, 0) is 71.1 Å². The molecule has 0 aliphatic carbocycles. The van der Waals surface area contributed by atoms with Gasteiger partial charge in [0, 0.05) is 13.3 Å². The zero-order valence-electron chi connectivity index (χ0n) is 24.0. The van der Waals surface area contributed by atoms with Crippen molar-refractivity contribution in [2.24, 2.45) is 10.7 Å². The van der Waals surface area contributed by atoms with E-state index < -0.39 is 41.3 Å². The van der Waals surface area contributed by atoms with Crippen molar-refractivity contribution in [1.82, 2.24) is 5.32 Å². The highest BCUT2D eigenvalue weighted by Gasteiger charge is 2.30. The summed E-state index contributed by atoms with van der Waals surface area (Å²) in [6.07, 6.45) is -4.50.